The van der Waals surface area contributed by atoms with E-state index < -0.39 is 0 Å². The summed E-state index contributed by atoms with van der Waals surface area (Å²) in [7, 11) is 0. The Morgan fingerprint density at radius 3 is 2.76 bits per heavy atom. The van der Waals surface area contributed by atoms with E-state index in [2.05, 4.69) is 15.6 Å². The van der Waals surface area contributed by atoms with Crippen molar-refractivity contribution in [1.82, 2.24) is 15.6 Å². The summed E-state index contributed by atoms with van der Waals surface area (Å²) in [6.45, 7) is 7.94. The molecule has 0 aliphatic heterocycles. The Kier molecular flexibility index (Phi) is 11.4. The minimum absolute atomic E-state index is 0. The molecule has 0 fully saturated rings. The van der Waals surface area contributed by atoms with E-state index in [1.807, 2.05) is 38.3 Å². The van der Waals surface area contributed by atoms with Gasteiger partial charge in [-0.1, -0.05) is 13.0 Å². The highest BCUT2D eigenvalue weighted by molar-refractivity contribution is 7.09. The second-order valence-corrected chi connectivity index (χ2v) is 6.41. The van der Waals surface area contributed by atoms with Gasteiger partial charge in [-0.15, -0.1) is 36.2 Å². The number of hydrogen-bond donors (Lipinski definition) is 2. The van der Waals surface area contributed by atoms with E-state index in [1.165, 1.54) is 0 Å². The van der Waals surface area contributed by atoms with Crippen molar-refractivity contribution in [2.45, 2.75) is 33.4 Å². The zero-order valence-corrected chi connectivity index (χ0v) is 17.0. The number of nitrogens with zero attached hydrogens (tertiary/aromatic N) is 1. The predicted octanol–water partition coefficient (Wildman–Crippen LogP) is 3.60. The molecule has 0 radical (unpaired) electrons. The van der Waals surface area contributed by atoms with Crippen molar-refractivity contribution < 1.29 is 9.53 Å². The fourth-order valence-corrected chi connectivity index (χ4v) is 2.72. The number of carbonyl (C=O) groups is 1. The van der Waals surface area contributed by atoms with Crippen LogP contribution in [0.5, 0.6) is 5.75 Å². The largest absolute Gasteiger partial charge is 0.487 e. The number of rotatable bonds is 8. The molecule has 0 saturated carbocycles. The number of aryl methyl sites for hydroxylation is 1. The number of likely N-dealkylation sites (N-methyl/N-ethyl adjacent to an activating group) is 1. The molecule has 140 valence electrons. The van der Waals surface area contributed by atoms with Gasteiger partial charge >= 0.3 is 0 Å². The van der Waals surface area contributed by atoms with Gasteiger partial charge in [-0.05, 0) is 38.6 Å². The minimum atomic E-state index is -0.0929. The maximum absolute atomic E-state index is 12.2. The van der Waals surface area contributed by atoms with Gasteiger partial charge in [0.15, 0.2) is 0 Å². The van der Waals surface area contributed by atoms with Crippen LogP contribution in [0.2, 0.25) is 0 Å². The van der Waals surface area contributed by atoms with E-state index in [9.17, 15) is 4.79 Å². The Morgan fingerprint density at radius 2 is 2.12 bits per heavy atom. The molecule has 0 bridgehead atoms. The van der Waals surface area contributed by atoms with Gasteiger partial charge in [0.2, 0.25) is 0 Å². The van der Waals surface area contributed by atoms with Gasteiger partial charge in [-0.25, -0.2) is 4.98 Å². The van der Waals surface area contributed by atoms with Gasteiger partial charge in [-0.2, -0.15) is 0 Å². The van der Waals surface area contributed by atoms with Crippen LogP contribution in [0.1, 0.15) is 34.9 Å². The fraction of sp³-hybridized carbons (Fsp3) is 0.412. The topological polar surface area (TPSA) is 63.2 Å². The van der Waals surface area contributed by atoms with E-state index in [0.717, 1.165) is 17.2 Å². The molecule has 25 heavy (non-hydrogen) atoms. The number of nitrogens with one attached hydrogen (secondary N) is 2. The quantitative estimate of drug-likeness (QED) is 0.703. The van der Waals surface area contributed by atoms with Gasteiger partial charge in [-0.3, -0.25) is 4.79 Å². The third-order valence-electron chi connectivity index (χ3n) is 3.27. The van der Waals surface area contributed by atoms with E-state index in [1.54, 1.807) is 23.5 Å². The average molecular weight is 406 g/mol. The molecule has 1 atom stereocenters. The molecule has 2 rings (SSSR count). The number of benzene rings is 1. The summed E-state index contributed by atoms with van der Waals surface area (Å²) >= 11 is 1.60. The summed E-state index contributed by atoms with van der Waals surface area (Å²) in [5.74, 6) is 0.577. The molecule has 5 nitrogen and oxygen atoms in total. The smallest absolute Gasteiger partial charge is 0.251 e. The molecule has 1 aromatic heterocycles. The lowest BCUT2D eigenvalue weighted by molar-refractivity contribution is 0.0949. The SMILES string of the molecule is CCN[C@H](C)CNC(=O)c1cccc(OCc2csc(C)n2)c1.Cl.Cl. The molecule has 0 aliphatic rings. The van der Waals surface area contributed by atoms with E-state index in [-0.39, 0.29) is 36.8 Å². The monoisotopic (exact) mass is 405 g/mol. The number of aromatic nitrogens is 1. The molecule has 0 spiro atoms. The lowest BCUT2D eigenvalue weighted by atomic mass is 10.2. The molecule has 0 aliphatic carbocycles. The summed E-state index contributed by atoms with van der Waals surface area (Å²) in [5.41, 5.74) is 1.50. The van der Waals surface area contributed by atoms with Gasteiger partial charge in [0.05, 0.1) is 10.7 Å². The molecule has 8 heteroatoms. The zero-order chi connectivity index (χ0) is 16.7. The second-order valence-electron chi connectivity index (χ2n) is 5.34. The molecular formula is C17H25Cl2N3O2S. The normalized spacial score (nSPS) is 11.0. The van der Waals surface area contributed by atoms with Crippen molar-refractivity contribution in [3.05, 3.63) is 45.9 Å². The van der Waals surface area contributed by atoms with Crippen molar-refractivity contribution in [3.8, 4) is 5.75 Å². The molecule has 0 unspecified atom stereocenters. The number of hydrogen-bond acceptors (Lipinski definition) is 5. The first kappa shape index (κ1) is 23.7. The molecule has 1 aromatic carbocycles. The van der Waals surface area contributed by atoms with Crippen LogP contribution in [0, 0.1) is 6.92 Å². The van der Waals surface area contributed by atoms with Crippen LogP contribution in [-0.2, 0) is 6.61 Å². The Morgan fingerprint density at radius 1 is 1.36 bits per heavy atom. The number of thiazole rings is 1. The van der Waals surface area contributed by atoms with Crippen LogP contribution in [0.3, 0.4) is 0 Å². The Hall–Kier alpha value is -1.34. The molecule has 2 aromatic rings. The van der Waals surface area contributed by atoms with Crippen molar-refractivity contribution in [2.75, 3.05) is 13.1 Å². The Labute approximate surface area is 165 Å². The van der Waals surface area contributed by atoms with Crippen LogP contribution in [0.25, 0.3) is 0 Å². The lowest BCUT2D eigenvalue weighted by Crippen LogP contribution is -2.38. The maximum atomic E-state index is 12.2. The van der Waals surface area contributed by atoms with Gasteiger partial charge in [0.1, 0.15) is 12.4 Å². The highest BCUT2D eigenvalue weighted by Gasteiger charge is 2.08. The summed E-state index contributed by atoms with van der Waals surface area (Å²) in [4.78, 5) is 16.5. The van der Waals surface area contributed by atoms with Crippen LogP contribution in [0.4, 0.5) is 0 Å². The standard InChI is InChI=1S/C17H23N3O2S.2ClH/c1-4-18-12(2)9-19-17(21)14-6-5-7-16(8-14)22-10-15-11-23-13(3)20-15;;/h5-8,11-12,18H,4,9-10H2,1-3H3,(H,19,21);2*1H/t12-;;/m1../s1. The number of ether oxygens (including phenoxy) is 1. The predicted molar refractivity (Wildman–Crippen MR) is 108 cm³/mol. The van der Waals surface area contributed by atoms with Crippen LogP contribution >= 0.6 is 36.2 Å². The lowest BCUT2D eigenvalue weighted by Gasteiger charge is -2.13. The first-order valence-electron chi connectivity index (χ1n) is 7.74. The second kappa shape index (κ2) is 12.1. The first-order chi connectivity index (χ1) is 11.1. The average Bonchev–Trinajstić information content (AvgIpc) is 2.97. The van der Waals surface area contributed by atoms with Crippen LogP contribution < -0.4 is 15.4 Å². The van der Waals surface area contributed by atoms with Crippen LogP contribution in [0.15, 0.2) is 29.6 Å². The van der Waals surface area contributed by atoms with Gasteiger partial charge in [0, 0.05) is 23.5 Å². The molecule has 1 amide bonds. The minimum Gasteiger partial charge on any atom is -0.487 e. The number of amides is 1. The van der Waals surface area contributed by atoms with Crippen molar-refractivity contribution in [2.24, 2.45) is 0 Å². The van der Waals surface area contributed by atoms with Crippen LogP contribution in [-0.4, -0.2) is 30.0 Å². The third kappa shape index (κ3) is 8.05. The summed E-state index contributed by atoms with van der Waals surface area (Å²) in [6, 6.07) is 7.46. The molecule has 2 N–H and O–H groups in total. The summed E-state index contributed by atoms with van der Waals surface area (Å²) in [5, 5.41) is 9.18. The van der Waals surface area contributed by atoms with Gasteiger partial charge < -0.3 is 15.4 Å². The fourth-order valence-electron chi connectivity index (χ4n) is 2.13. The molecular weight excluding hydrogens is 381 g/mol. The van der Waals surface area contributed by atoms with E-state index in [0.29, 0.717) is 24.5 Å². The van der Waals surface area contributed by atoms with E-state index >= 15 is 0 Å². The van der Waals surface area contributed by atoms with Gasteiger partial charge in [0.25, 0.3) is 5.91 Å². The third-order valence-corrected chi connectivity index (χ3v) is 4.09. The van der Waals surface area contributed by atoms with Crippen molar-refractivity contribution in [3.63, 3.8) is 0 Å². The maximum Gasteiger partial charge on any atom is 0.251 e. The Bertz CT molecular complexity index is 652. The summed E-state index contributed by atoms with van der Waals surface area (Å²) in [6.07, 6.45) is 0. The van der Waals surface area contributed by atoms with Crippen molar-refractivity contribution in [1.29, 1.82) is 0 Å². The zero-order valence-electron chi connectivity index (χ0n) is 14.6. The highest BCUT2D eigenvalue weighted by Crippen LogP contribution is 2.16. The number of halogens is 2. The van der Waals surface area contributed by atoms with Crippen molar-refractivity contribution >= 4 is 42.1 Å². The Balaban J connectivity index is 0.00000288. The summed E-state index contributed by atoms with van der Waals surface area (Å²) < 4.78 is 5.71. The number of carbonyl (C=O) groups excluding carboxylic acids is 1. The molecule has 1 heterocycles. The molecule has 0 saturated heterocycles. The highest BCUT2D eigenvalue weighted by atomic mass is 35.5. The first-order valence-corrected chi connectivity index (χ1v) is 8.62. The van der Waals surface area contributed by atoms with E-state index in [4.69, 9.17) is 4.74 Å².